The number of pyridine rings is 1. The zero-order valence-corrected chi connectivity index (χ0v) is 11.2. The second kappa shape index (κ2) is 6.82. The minimum atomic E-state index is -0.145. The number of carbonyl (C=O) groups excluding carboxylic acids is 1. The molecule has 1 heterocycles. The Balaban J connectivity index is 2.94. The molecule has 0 aliphatic heterocycles. The van der Waals surface area contributed by atoms with Crippen molar-refractivity contribution in [3.63, 3.8) is 0 Å². The third kappa shape index (κ3) is 3.60. The molecule has 0 aliphatic rings. The van der Waals surface area contributed by atoms with Crippen molar-refractivity contribution in [3.8, 4) is 6.07 Å². The molecular formula is C12H15ClN4O. The Kier molecular flexibility index (Phi) is 5.40. The molecule has 6 heteroatoms. The summed E-state index contributed by atoms with van der Waals surface area (Å²) >= 11 is 5.85. The fourth-order valence-corrected chi connectivity index (χ4v) is 1.73. The van der Waals surface area contributed by atoms with E-state index in [1.807, 2.05) is 13.0 Å². The van der Waals surface area contributed by atoms with Gasteiger partial charge in [0.15, 0.2) is 0 Å². The van der Waals surface area contributed by atoms with Crippen LogP contribution in [-0.2, 0) is 0 Å². The van der Waals surface area contributed by atoms with E-state index < -0.39 is 0 Å². The molecule has 1 aromatic heterocycles. The molecule has 1 aromatic rings. The number of aromatic nitrogens is 1. The molecule has 5 nitrogen and oxygen atoms in total. The Labute approximate surface area is 111 Å². The first-order valence-electron chi connectivity index (χ1n) is 5.64. The molecule has 0 radical (unpaired) electrons. The zero-order chi connectivity index (χ0) is 13.5. The molecular weight excluding hydrogens is 252 g/mol. The molecule has 0 aliphatic carbocycles. The number of hydrogen-bond acceptors (Lipinski definition) is 4. The van der Waals surface area contributed by atoms with Crippen molar-refractivity contribution in [2.45, 2.75) is 13.3 Å². The number of hydrogen-bond donors (Lipinski definition) is 1. The van der Waals surface area contributed by atoms with Gasteiger partial charge in [-0.25, -0.2) is 4.98 Å². The monoisotopic (exact) mass is 266 g/mol. The summed E-state index contributed by atoms with van der Waals surface area (Å²) < 4.78 is 0. The Morgan fingerprint density at radius 1 is 1.61 bits per heavy atom. The molecule has 0 fully saturated rings. The molecule has 1 amide bonds. The number of carbonyl (C=O) groups is 1. The molecule has 1 N–H and O–H groups in total. The van der Waals surface area contributed by atoms with Crippen LogP contribution in [0.25, 0.3) is 0 Å². The van der Waals surface area contributed by atoms with Crippen LogP contribution in [0.15, 0.2) is 12.1 Å². The van der Waals surface area contributed by atoms with Crippen molar-refractivity contribution >= 4 is 23.3 Å². The van der Waals surface area contributed by atoms with E-state index in [4.69, 9.17) is 16.9 Å². The molecule has 0 saturated carbocycles. The first-order chi connectivity index (χ1) is 8.62. The number of amides is 1. The molecule has 0 aromatic carbocycles. The van der Waals surface area contributed by atoms with Gasteiger partial charge >= 0.3 is 0 Å². The van der Waals surface area contributed by atoms with Gasteiger partial charge in [0.2, 0.25) is 0 Å². The Morgan fingerprint density at radius 2 is 2.33 bits per heavy atom. The standard InChI is InChI=1S/C12H15ClN4O/c1-3-17(6-4-5-14)12(18)9-7-10(13)16-11(8-9)15-2/h7-8H,3-4,6H2,1-2H3,(H,15,16). The van der Waals surface area contributed by atoms with Crippen LogP contribution >= 0.6 is 11.6 Å². The highest BCUT2D eigenvalue weighted by Crippen LogP contribution is 2.16. The summed E-state index contributed by atoms with van der Waals surface area (Å²) in [5.74, 6) is 0.399. The van der Waals surface area contributed by atoms with Crippen LogP contribution < -0.4 is 5.32 Å². The number of rotatable bonds is 5. The van der Waals surface area contributed by atoms with Gasteiger partial charge in [-0.3, -0.25) is 4.79 Å². The van der Waals surface area contributed by atoms with Gasteiger partial charge in [0.1, 0.15) is 11.0 Å². The average Bonchev–Trinajstić information content (AvgIpc) is 2.38. The van der Waals surface area contributed by atoms with E-state index in [0.717, 1.165) is 0 Å². The van der Waals surface area contributed by atoms with E-state index in [1.165, 1.54) is 6.07 Å². The van der Waals surface area contributed by atoms with Crippen LogP contribution in [-0.4, -0.2) is 35.9 Å². The molecule has 0 unspecified atom stereocenters. The van der Waals surface area contributed by atoms with Gasteiger partial charge in [-0.15, -0.1) is 0 Å². The predicted molar refractivity (Wildman–Crippen MR) is 70.6 cm³/mol. The van der Waals surface area contributed by atoms with E-state index in [2.05, 4.69) is 10.3 Å². The Hall–Kier alpha value is -1.80. The highest BCUT2D eigenvalue weighted by Gasteiger charge is 2.15. The van der Waals surface area contributed by atoms with E-state index in [-0.39, 0.29) is 11.1 Å². The maximum atomic E-state index is 12.2. The first kappa shape index (κ1) is 14.3. The summed E-state index contributed by atoms with van der Waals surface area (Å²) in [5.41, 5.74) is 0.471. The first-order valence-corrected chi connectivity index (χ1v) is 6.01. The van der Waals surface area contributed by atoms with Crippen molar-refractivity contribution in [3.05, 3.63) is 22.8 Å². The normalized spacial score (nSPS) is 9.67. The van der Waals surface area contributed by atoms with Gasteiger partial charge in [-0.2, -0.15) is 5.26 Å². The molecule has 0 saturated heterocycles. The topological polar surface area (TPSA) is 69.0 Å². The number of nitrogens with zero attached hydrogens (tertiary/aromatic N) is 3. The van der Waals surface area contributed by atoms with Crippen molar-refractivity contribution in [2.75, 3.05) is 25.5 Å². The number of nitrogens with one attached hydrogen (secondary N) is 1. The highest BCUT2D eigenvalue weighted by atomic mass is 35.5. The van der Waals surface area contributed by atoms with Crippen LogP contribution in [0, 0.1) is 11.3 Å². The van der Waals surface area contributed by atoms with Crippen LogP contribution in [0.2, 0.25) is 5.15 Å². The lowest BCUT2D eigenvalue weighted by molar-refractivity contribution is 0.0767. The summed E-state index contributed by atoms with van der Waals surface area (Å²) in [6.45, 7) is 2.84. The van der Waals surface area contributed by atoms with E-state index in [9.17, 15) is 4.79 Å². The molecule has 96 valence electrons. The van der Waals surface area contributed by atoms with Crippen molar-refractivity contribution < 1.29 is 4.79 Å². The van der Waals surface area contributed by atoms with Crippen molar-refractivity contribution in [1.82, 2.24) is 9.88 Å². The molecule has 18 heavy (non-hydrogen) atoms. The summed E-state index contributed by atoms with van der Waals surface area (Å²) in [5, 5.41) is 11.7. The third-order valence-corrected chi connectivity index (χ3v) is 2.65. The van der Waals surface area contributed by atoms with Gasteiger partial charge in [-0.1, -0.05) is 11.6 Å². The van der Waals surface area contributed by atoms with Crippen LogP contribution in [0.4, 0.5) is 5.82 Å². The highest BCUT2D eigenvalue weighted by molar-refractivity contribution is 6.29. The Bertz CT molecular complexity index is 470. The van der Waals surface area contributed by atoms with Crippen LogP contribution in [0.1, 0.15) is 23.7 Å². The lowest BCUT2D eigenvalue weighted by Gasteiger charge is -2.19. The molecule has 1 rings (SSSR count). The number of anilines is 1. The maximum absolute atomic E-state index is 12.2. The third-order valence-electron chi connectivity index (χ3n) is 2.46. The minimum Gasteiger partial charge on any atom is -0.373 e. The minimum absolute atomic E-state index is 0.145. The summed E-state index contributed by atoms with van der Waals surface area (Å²) in [6, 6.07) is 5.20. The lowest BCUT2D eigenvalue weighted by Crippen LogP contribution is -2.31. The smallest absolute Gasteiger partial charge is 0.254 e. The molecule has 0 spiro atoms. The second-order valence-electron chi connectivity index (χ2n) is 3.61. The van der Waals surface area contributed by atoms with E-state index in [1.54, 1.807) is 18.0 Å². The molecule has 0 bridgehead atoms. The largest absolute Gasteiger partial charge is 0.373 e. The van der Waals surface area contributed by atoms with Gasteiger partial charge < -0.3 is 10.2 Å². The van der Waals surface area contributed by atoms with E-state index in [0.29, 0.717) is 30.9 Å². The van der Waals surface area contributed by atoms with Crippen molar-refractivity contribution in [1.29, 1.82) is 5.26 Å². The lowest BCUT2D eigenvalue weighted by atomic mass is 10.2. The second-order valence-corrected chi connectivity index (χ2v) is 3.99. The number of halogens is 1. The Morgan fingerprint density at radius 3 is 2.89 bits per heavy atom. The quantitative estimate of drug-likeness (QED) is 0.829. The summed E-state index contributed by atoms with van der Waals surface area (Å²) in [7, 11) is 1.71. The summed E-state index contributed by atoms with van der Waals surface area (Å²) in [4.78, 5) is 17.8. The SMILES string of the molecule is CCN(CCC#N)C(=O)c1cc(Cl)nc(NC)c1. The predicted octanol–water partition coefficient (Wildman–Crippen LogP) is 2.15. The van der Waals surface area contributed by atoms with Gasteiger partial charge in [0.25, 0.3) is 5.91 Å². The van der Waals surface area contributed by atoms with Gasteiger partial charge in [0, 0.05) is 25.7 Å². The number of nitriles is 1. The fraction of sp³-hybridized carbons (Fsp3) is 0.417. The van der Waals surface area contributed by atoms with Crippen LogP contribution in [0.3, 0.4) is 0 Å². The van der Waals surface area contributed by atoms with E-state index >= 15 is 0 Å². The zero-order valence-electron chi connectivity index (χ0n) is 10.4. The average molecular weight is 267 g/mol. The maximum Gasteiger partial charge on any atom is 0.254 e. The van der Waals surface area contributed by atoms with Crippen molar-refractivity contribution in [2.24, 2.45) is 0 Å². The van der Waals surface area contributed by atoms with Gasteiger partial charge in [0.05, 0.1) is 12.5 Å². The fourth-order valence-electron chi connectivity index (χ4n) is 1.52. The van der Waals surface area contributed by atoms with Gasteiger partial charge in [-0.05, 0) is 19.1 Å². The summed E-state index contributed by atoms with van der Waals surface area (Å²) in [6.07, 6.45) is 0.317. The molecule has 0 atom stereocenters. The van der Waals surface area contributed by atoms with Crippen LogP contribution in [0.5, 0.6) is 0 Å².